The maximum atomic E-state index is 12.1. The van der Waals surface area contributed by atoms with E-state index in [1.165, 1.54) is 0 Å². The number of ketones is 1. The van der Waals surface area contributed by atoms with Gasteiger partial charge in [-0.25, -0.2) is 0 Å². The first kappa shape index (κ1) is 13.1. The third-order valence-corrected chi connectivity index (χ3v) is 3.96. The van der Waals surface area contributed by atoms with Gasteiger partial charge in [-0.3, -0.25) is 14.9 Å². The van der Waals surface area contributed by atoms with Gasteiger partial charge < -0.3 is 4.74 Å². The zero-order valence-electron chi connectivity index (χ0n) is 10.5. The Kier molecular flexibility index (Phi) is 3.22. The predicted molar refractivity (Wildman–Crippen MR) is 71.9 cm³/mol. The van der Waals surface area contributed by atoms with Crippen molar-refractivity contribution in [1.82, 2.24) is 0 Å². The molecular weight excluding hydrogens is 282 g/mol. The number of rotatable bonds is 2. The molecule has 0 bridgehead atoms. The molecular formula is C14H12ClNO4. The Bertz CT molecular complexity index is 608. The number of allylic oxidation sites excluding steroid dienone is 1. The molecule has 1 aliphatic heterocycles. The van der Waals surface area contributed by atoms with E-state index in [2.05, 4.69) is 0 Å². The number of benzene rings is 1. The molecule has 3 rings (SSSR count). The van der Waals surface area contributed by atoms with E-state index in [1.54, 1.807) is 24.3 Å². The Morgan fingerprint density at radius 1 is 1.25 bits per heavy atom. The summed E-state index contributed by atoms with van der Waals surface area (Å²) in [5, 5.41) is 11.8. The fourth-order valence-electron chi connectivity index (χ4n) is 2.83. The van der Waals surface area contributed by atoms with Gasteiger partial charge in [-0.2, -0.15) is 0 Å². The Morgan fingerprint density at radius 2 is 1.95 bits per heavy atom. The summed E-state index contributed by atoms with van der Waals surface area (Å²) in [5.74, 6) is -0.191. The Hall–Kier alpha value is -1.88. The number of halogens is 1. The summed E-state index contributed by atoms with van der Waals surface area (Å²) < 4.78 is 5.42. The summed E-state index contributed by atoms with van der Waals surface area (Å²) in [6.07, 6.45) is 0.491. The fourth-order valence-corrected chi connectivity index (χ4v) is 2.95. The van der Waals surface area contributed by atoms with Crippen LogP contribution in [0.2, 0.25) is 5.02 Å². The molecule has 1 aromatic rings. The van der Waals surface area contributed by atoms with E-state index in [0.29, 0.717) is 41.2 Å². The van der Waals surface area contributed by atoms with Gasteiger partial charge in [0.25, 0.3) is 0 Å². The molecule has 1 aromatic carbocycles. The van der Waals surface area contributed by atoms with Crippen LogP contribution in [0.3, 0.4) is 0 Å². The van der Waals surface area contributed by atoms with Crippen LogP contribution in [0.5, 0.6) is 0 Å². The van der Waals surface area contributed by atoms with E-state index in [1.807, 2.05) is 0 Å². The minimum absolute atomic E-state index is 0.0458. The molecule has 0 saturated carbocycles. The first-order valence-corrected chi connectivity index (χ1v) is 6.77. The molecule has 0 saturated heterocycles. The van der Waals surface area contributed by atoms with Crippen LogP contribution < -0.4 is 0 Å². The van der Waals surface area contributed by atoms with E-state index < -0.39 is 17.1 Å². The molecule has 2 aliphatic rings. The lowest BCUT2D eigenvalue weighted by Gasteiger charge is -2.15. The Morgan fingerprint density at radius 3 is 2.60 bits per heavy atom. The van der Waals surface area contributed by atoms with Crippen LogP contribution in [-0.4, -0.2) is 16.9 Å². The van der Waals surface area contributed by atoms with Gasteiger partial charge in [0.1, 0.15) is 11.7 Å². The van der Waals surface area contributed by atoms with Gasteiger partial charge in [0.2, 0.25) is 0 Å². The molecule has 5 nitrogen and oxygen atoms in total. The normalized spacial score (nSPS) is 25.4. The van der Waals surface area contributed by atoms with Crippen LogP contribution in [0.15, 0.2) is 35.6 Å². The van der Waals surface area contributed by atoms with E-state index in [-0.39, 0.29) is 5.78 Å². The number of carbonyl (C=O) groups is 1. The lowest BCUT2D eigenvalue weighted by atomic mass is 9.84. The number of hydrogen-bond donors (Lipinski definition) is 0. The summed E-state index contributed by atoms with van der Waals surface area (Å²) in [4.78, 5) is 22.9. The third kappa shape index (κ3) is 2.08. The molecule has 104 valence electrons. The summed E-state index contributed by atoms with van der Waals surface area (Å²) in [6.45, 7) is 0. The SMILES string of the molecule is O=C1CCCC2=C1[C@H](c1ccc(Cl)cc1)[C@@H]([N+](=O)[O-])O2. The van der Waals surface area contributed by atoms with Crippen molar-refractivity contribution in [2.75, 3.05) is 0 Å². The third-order valence-electron chi connectivity index (χ3n) is 3.70. The average Bonchev–Trinajstić information content (AvgIpc) is 2.81. The zero-order valence-corrected chi connectivity index (χ0v) is 11.3. The maximum absolute atomic E-state index is 12.1. The minimum Gasteiger partial charge on any atom is -0.433 e. The van der Waals surface area contributed by atoms with E-state index in [9.17, 15) is 14.9 Å². The molecule has 1 heterocycles. The largest absolute Gasteiger partial charge is 0.433 e. The highest BCUT2D eigenvalue weighted by molar-refractivity contribution is 6.30. The smallest absolute Gasteiger partial charge is 0.364 e. The molecule has 0 aromatic heterocycles. The summed E-state index contributed by atoms with van der Waals surface area (Å²) in [7, 11) is 0. The van der Waals surface area contributed by atoms with Crippen molar-refractivity contribution in [3.8, 4) is 0 Å². The summed E-state index contributed by atoms with van der Waals surface area (Å²) in [6, 6.07) is 6.76. The van der Waals surface area contributed by atoms with Crippen LogP contribution in [0, 0.1) is 10.1 Å². The molecule has 20 heavy (non-hydrogen) atoms. The highest BCUT2D eigenvalue weighted by atomic mass is 35.5. The van der Waals surface area contributed by atoms with Crippen molar-refractivity contribution < 1.29 is 14.5 Å². The fraction of sp³-hybridized carbons (Fsp3) is 0.357. The topological polar surface area (TPSA) is 69.4 Å². The van der Waals surface area contributed by atoms with Crippen molar-refractivity contribution in [2.24, 2.45) is 0 Å². The van der Waals surface area contributed by atoms with Crippen LogP contribution in [0.4, 0.5) is 0 Å². The second kappa shape index (κ2) is 4.90. The maximum Gasteiger partial charge on any atom is 0.364 e. The number of hydrogen-bond acceptors (Lipinski definition) is 4. The van der Waals surface area contributed by atoms with Gasteiger partial charge in [-0.1, -0.05) is 23.7 Å². The summed E-state index contributed by atoms with van der Waals surface area (Å²) >= 11 is 5.84. The van der Waals surface area contributed by atoms with Crippen molar-refractivity contribution in [1.29, 1.82) is 0 Å². The first-order valence-electron chi connectivity index (χ1n) is 6.40. The number of nitrogens with zero attached hydrogens (tertiary/aromatic N) is 1. The standard InChI is InChI=1S/C14H12ClNO4/c15-9-6-4-8(5-7-9)12-13-10(17)2-1-3-11(13)20-14(12)16(18)19/h4-7,12,14H,1-3H2/t12-,14-/m0/s1. The molecule has 0 N–H and O–H groups in total. The van der Waals surface area contributed by atoms with Crippen molar-refractivity contribution in [2.45, 2.75) is 31.4 Å². The van der Waals surface area contributed by atoms with Gasteiger partial charge >= 0.3 is 6.23 Å². The van der Waals surface area contributed by atoms with Gasteiger partial charge in [0, 0.05) is 17.9 Å². The van der Waals surface area contributed by atoms with Gasteiger partial charge in [-0.05, 0) is 24.1 Å². The molecule has 0 fully saturated rings. The number of nitro groups is 1. The molecule has 2 atom stereocenters. The second-order valence-electron chi connectivity index (χ2n) is 4.94. The quantitative estimate of drug-likeness (QED) is 0.621. The molecule has 6 heteroatoms. The van der Waals surface area contributed by atoms with Crippen molar-refractivity contribution in [3.05, 3.63) is 56.3 Å². The number of carbonyl (C=O) groups excluding carboxylic acids is 1. The molecule has 0 unspecified atom stereocenters. The van der Waals surface area contributed by atoms with Crippen molar-refractivity contribution in [3.63, 3.8) is 0 Å². The molecule has 0 spiro atoms. The lowest BCUT2D eigenvalue weighted by molar-refractivity contribution is -0.570. The Labute approximate surface area is 120 Å². The van der Waals surface area contributed by atoms with Gasteiger partial charge in [0.05, 0.1) is 10.5 Å². The molecule has 1 aliphatic carbocycles. The van der Waals surface area contributed by atoms with E-state index in [0.717, 1.165) is 0 Å². The molecule has 0 amide bonds. The zero-order chi connectivity index (χ0) is 14.3. The van der Waals surface area contributed by atoms with Crippen LogP contribution in [0.25, 0.3) is 0 Å². The van der Waals surface area contributed by atoms with Crippen LogP contribution in [0.1, 0.15) is 30.7 Å². The minimum atomic E-state index is -1.22. The monoisotopic (exact) mass is 293 g/mol. The first-order chi connectivity index (χ1) is 9.58. The van der Waals surface area contributed by atoms with Gasteiger partial charge in [-0.15, -0.1) is 0 Å². The Balaban J connectivity index is 2.07. The van der Waals surface area contributed by atoms with E-state index in [4.69, 9.17) is 16.3 Å². The van der Waals surface area contributed by atoms with Crippen LogP contribution >= 0.6 is 11.6 Å². The van der Waals surface area contributed by atoms with Gasteiger partial charge in [0.15, 0.2) is 5.78 Å². The second-order valence-corrected chi connectivity index (χ2v) is 5.37. The van der Waals surface area contributed by atoms with Crippen LogP contribution in [-0.2, 0) is 9.53 Å². The highest BCUT2D eigenvalue weighted by Crippen LogP contribution is 2.44. The lowest BCUT2D eigenvalue weighted by Crippen LogP contribution is -2.27. The summed E-state index contributed by atoms with van der Waals surface area (Å²) in [5.41, 5.74) is 1.16. The number of Topliss-reactive ketones (excluding diaryl/α,β-unsaturated/α-hetero) is 1. The molecule has 0 radical (unpaired) electrons. The van der Waals surface area contributed by atoms with E-state index >= 15 is 0 Å². The van der Waals surface area contributed by atoms with Crippen molar-refractivity contribution >= 4 is 17.4 Å². The number of ether oxygens (including phenoxy) is 1. The predicted octanol–water partition coefficient (Wildman–Crippen LogP) is 3.06. The average molecular weight is 294 g/mol. The highest BCUT2D eigenvalue weighted by Gasteiger charge is 2.48.